The van der Waals surface area contributed by atoms with Gasteiger partial charge in [0.1, 0.15) is 6.61 Å². The first-order chi connectivity index (χ1) is 9.22. The van der Waals surface area contributed by atoms with Crippen molar-refractivity contribution in [2.75, 3.05) is 6.54 Å². The molecule has 100 valence electrons. The van der Waals surface area contributed by atoms with Gasteiger partial charge in [-0.2, -0.15) is 0 Å². The molecule has 0 aliphatic heterocycles. The summed E-state index contributed by atoms with van der Waals surface area (Å²) in [5.41, 5.74) is 7.11. The predicted octanol–water partition coefficient (Wildman–Crippen LogP) is 3.56. The summed E-state index contributed by atoms with van der Waals surface area (Å²) < 4.78 is 19.4. The number of para-hydroxylation sites is 1. The van der Waals surface area contributed by atoms with E-state index in [-0.39, 0.29) is 18.2 Å². The standard InChI is InChI=1S/C15H15ClFNO/c16-13-6-2-1-4-12(13)10-19-15-11(8-9-18)5-3-7-14(15)17/h1-7H,8-10,18H2. The molecule has 0 saturated carbocycles. The molecular formula is C15H15ClFNO. The van der Waals surface area contributed by atoms with Crippen molar-refractivity contribution in [2.45, 2.75) is 13.0 Å². The van der Waals surface area contributed by atoms with Crippen molar-refractivity contribution in [1.29, 1.82) is 0 Å². The third-order valence-corrected chi connectivity index (χ3v) is 3.16. The van der Waals surface area contributed by atoms with Crippen LogP contribution in [-0.2, 0) is 13.0 Å². The van der Waals surface area contributed by atoms with Gasteiger partial charge in [0.05, 0.1) is 0 Å². The number of ether oxygens (including phenoxy) is 1. The Balaban J connectivity index is 2.17. The first-order valence-electron chi connectivity index (χ1n) is 6.06. The summed E-state index contributed by atoms with van der Waals surface area (Å²) in [5, 5.41) is 0.610. The third kappa shape index (κ3) is 3.46. The van der Waals surface area contributed by atoms with Gasteiger partial charge >= 0.3 is 0 Å². The predicted molar refractivity (Wildman–Crippen MR) is 74.9 cm³/mol. The first-order valence-corrected chi connectivity index (χ1v) is 6.44. The summed E-state index contributed by atoms with van der Waals surface area (Å²) in [6.45, 7) is 0.685. The van der Waals surface area contributed by atoms with Crippen LogP contribution in [0.3, 0.4) is 0 Å². The Labute approximate surface area is 117 Å². The minimum absolute atomic E-state index is 0.234. The molecule has 0 spiro atoms. The van der Waals surface area contributed by atoms with Crippen molar-refractivity contribution in [2.24, 2.45) is 5.73 Å². The molecule has 0 amide bonds. The minimum Gasteiger partial charge on any atom is -0.485 e. The SMILES string of the molecule is NCCc1cccc(F)c1OCc1ccccc1Cl. The zero-order valence-electron chi connectivity index (χ0n) is 10.4. The summed E-state index contributed by atoms with van der Waals surface area (Å²) in [6.07, 6.45) is 0.579. The number of benzene rings is 2. The van der Waals surface area contributed by atoms with Crippen LogP contribution >= 0.6 is 11.6 Å². The molecule has 0 fully saturated rings. The molecule has 0 aromatic heterocycles. The molecule has 0 aliphatic rings. The molecule has 4 heteroatoms. The average molecular weight is 280 g/mol. The summed E-state index contributed by atoms with van der Waals surface area (Å²) in [7, 11) is 0. The highest BCUT2D eigenvalue weighted by molar-refractivity contribution is 6.31. The first kappa shape index (κ1) is 13.8. The van der Waals surface area contributed by atoms with Crippen LogP contribution < -0.4 is 10.5 Å². The highest BCUT2D eigenvalue weighted by Gasteiger charge is 2.10. The molecule has 0 saturated heterocycles. The van der Waals surface area contributed by atoms with Crippen LogP contribution in [0.25, 0.3) is 0 Å². The van der Waals surface area contributed by atoms with E-state index in [9.17, 15) is 4.39 Å². The van der Waals surface area contributed by atoms with Gasteiger partial charge in [-0.25, -0.2) is 4.39 Å². The number of rotatable bonds is 5. The van der Waals surface area contributed by atoms with Crippen molar-refractivity contribution in [1.82, 2.24) is 0 Å². The highest BCUT2D eigenvalue weighted by Crippen LogP contribution is 2.25. The zero-order valence-corrected chi connectivity index (χ0v) is 11.2. The van der Waals surface area contributed by atoms with E-state index in [2.05, 4.69) is 0 Å². The van der Waals surface area contributed by atoms with Crippen LogP contribution in [0.2, 0.25) is 5.02 Å². The van der Waals surface area contributed by atoms with E-state index in [1.807, 2.05) is 24.3 Å². The molecule has 0 aliphatic carbocycles. The summed E-state index contributed by atoms with van der Waals surface area (Å²) in [4.78, 5) is 0. The molecule has 0 atom stereocenters. The van der Waals surface area contributed by atoms with Crippen LogP contribution in [0.1, 0.15) is 11.1 Å². The van der Waals surface area contributed by atoms with Crippen molar-refractivity contribution in [3.05, 3.63) is 64.4 Å². The van der Waals surface area contributed by atoms with E-state index in [0.29, 0.717) is 18.0 Å². The largest absolute Gasteiger partial charge is 0.485 e. The monoisotopic (exact) mass is 279 g/mol. The van der Waals surface area contributed by atoms with Crippen LogP contribution in [0.15, 0.2) is 42.5 Å². The number of nitrogens with two attached hydrogens (primary N) is 1. The summed E-state index contributed by atoms with van der Waals surface area (Å²) >= 11 is 6.04. The van der Waals surface area contributed by atoms with E-state index in [4.69, 9.17) is 22.1 Å². The van der Waals surface area contributed by atoms with E-state index < -0.39 is 0 Å². The molecule has 2 nitrogen and oxygen atoms in total. The fraction of sp³-hybridized carbons (Fsp3) is 0.200. The van der Waals surface area contributed by atoms with Crippen LogP contribution in [0, 0.1) is 5.82 Å². The van der Waals surface area contributed by atoms with Gasteiger partial charge in [-0.1, -0.05) is 41.9 Å². The lowest BCUT2D eigenvalue weighted by Crippen LogP contribution is -2.07. The molecule has 2 N–H and O–H groups in total. The Bertz CT molecular complexity index is 560. The molecule has 0 heterocycles. The average Bonchev–Trinajstić information content (AvgIpc) is 2.40. The molecular weight excluding hydrogens is 265 g/mol. The van der Waals surface area contributed by atoms with Gasteiger partial charge in [0, 0.05) is 10.6 Å². The molecule has 0 unspecified atom stereocenters. The van der Waals surface area contributed by atoms with E-state index in [0.717, 1.165) is 11.1 Å². The quantitative estimate of drug-likeness (QED) is 0.908. The second-order valence-corrected chi connectivity index (χ2v) is 4.55. The number of halogens is 2. The Morgan fingerprint density at radius 3 is 2.53 bits per heavy atom. The lowest BCUT2D eigenvalue weighted by atomic mass is 10.1. The van der Waals surface area contributed by atoms with Crippen LogP contribution in [-0.4, -0.2) is 6.54 Å². The van der Waals surface area contributed by atoms with Crippen LogP contribution in [0.4, 0.5) is 4.39 Å². The van der Waals surface area contributed by atoms with Gasteiger partial charge in [0.15, 0.2) is 11.6 Å². The van der Waals surface area contributed by atoms with Crippen molar-refractivity contribution >= 4 is 11.6 Å². The molecule has 19 heavy (non-hydrogen) atoms. The molecule has 2 aromatic carbocycles. The second kappa shape index (κ2) is 6.55. The maximum Gasteiger partial charge on any atom is 0.165 e. The lowest BCUT2D eigenvalue weighted by molar-refractivity contribution is 0.287. The maximum atomic E-state index is 13.8. The second-order valence-electron chi connectivity index (χ2n) is 4.15. The zero-order chi connectivity index (χ0) is 13.7. The third-order valence-electron chi connectivity index (χ3n) is 2.79. The topological polar surface area (TPSA) is 35.2 Å². The van der Waals surface area contributed by atoms with Gasteiger partial charge in [-0.15, -0.1) is 0 Å². The summed E-state index contributed by atoms with van der Waals surface area (Å²) in [6, 6.07) is 12.2. The maximum absolute atomic E-state index is 13.8. The van der Waals surface area contributed by atoms with Gasteiger partial charge in [0.25, 0.3) is 0 Å². The Kier molecular flexibility index (Phi) is 4.77. The van der Waals surface area contributed by atoms with Gasteiger partial charge in [-0.3, -0.25) is 0 Å². The normalized spacial score (nSPS) is 10.5. The van der Waals surface area contributed by atoms with Gasteiger partial charge in [0.2, 0.25) is 0 Å². The summed E-state index contributed by atoms with van der Waals surface area (Å²) in [5.74, 6) is -0.120. The fourth-order valence-corrected chi connectivity index (χ4v) is 2.02. The van der Waals surface area contributed by atoms with Gasteiger partial charge in [-0.05, 0) is 30.7 Å². The van der Waals surface area contributed by atoms with E-state index >= 15 is 0 Å². The molecule has 0 bridgehead atoms. The number of hydrogen-bond acceptors (Lipinski definition) is 2. The molecule has 2 aromatic rings. The minimum atomic E-state index is -0.377. The highest BCUT2D eigenvalue weighted by atomic mass is 35.5. The molecule has 2 rings (SSSR count). The van der Waals surface area contributed by atoms with E-state index in [1.165, 1.54) is 6.07 Å². The Morgan fingerprint density at radius 2 is 1.79 bits per heavy atom. The van der Waals surface area contributed by atoms with Crippen LogP contribution in [0.5, 0.6) is 5.75 Å². The smallest absolute Gasteiger partial charge is 0.165 e. The van der Waals surface area contributed by atoms with Crippen molar-refractivity contribution in [3.63, 3.8) is 0 Å². The number of hydrogen-bond donors (Lipinski definition) is 1. The van der Waals surface area contributed by atoms with Crippen molar-refractivity contribution in [3.8, 4) is 5.75 Å². The Morgan fingerprint density at radius 1 is 1.05 bits per heavy atom. The fourth-order valence-electron chi connectivity index (χ4n) is 1.83. The Hall–Kier alpha value is -1.58. The van der Waals surface area contributed by atoms with Crippen molar-refractivity contribution < 1.29 is 9.13 Å². The van der Waals surface area contributed by atoms with E-state index in [1.54, 1.807) is 12.1 Å². The lowest BCUT2D eigenvalue weighted by Gasteiger charge is -2.12. The molecule has 0 radical (unpaired) electrons. The van der Waals surface area contributed by atoms with Gasteiger partial charge < -0.3 is 10.5 Å².